The number of carbonyl (C=O) groups excluding carboxylic acids is 1. The lowest BCUT2D eigenvalue weighted by Gasteiger charge is -2.06. The maximum atomic E-state index is 13.1. The molecule has 0 radical (unpaired) electrons. The maximum Gasteiger partial charge on any atom is 0.255 e. The van der Waals surface area contributed by atoms with E-state index >= 15 is 0 Å². The van der Waals surface area contributed by atoms with Gasteiger partial charge in [0.2, 0.25) is 0 Å². The number of amides is 1. The Morgan fingerprint density at radius 3 is 2.90 bits per heavy atom. The zero-order valence-corrected chi connectivity index (χ0v) is 11.8. The average molecular weight is 304 g/mol. The molecule has 0 atom stereocenters. The van der Waals surface area contributed by atoms with Gasteiger partial charge < -0.3 is 5.32 Å². The first kappa shape index (κ1) is 13.1. The van der Waals surface area contributed by atoms with Crippen molar-refractivity contribution >= 4 is 45.8 Å². The van der Waals surface area contributed by atoms with E-state index in [-0.39, 0.29) is 10.8 Å². The molecule has 20 heavy (non-hydrogen) atoms. The molecule has 1 N–H and O–H groups in total. The summed E-state index contributed by atoms with van der Waals surface area (Å²) in [5.41, 5.74) is 3.69. The molecule has 1 heterocycles. The van der Waals surface area contributed by atoms with Crippen LogP contribution >= 0.6 is 24.0 Å². The van der Waals surface area contributed by atoms with Crippen molar-refractivity contribution in [2.75, 3.05) is 5.32 Å². The van der Waals surface area contributed by atoms with Crippen molar-refractivity contribution in [3.05, 3.63) is 53.3 Å². The van der Waals surface area contributed by atoms with E-state index in [9.17, 15) is 9.18 Å². The van der Waals surface area contributed by atoms with E-state index in [0.717, 1.165) is 10.2 Å². The number of aromatic nitrogens is 1. The zero-order chi connectivity index (χ0) is 14.1. The number of benzene rings is 2. The molecule has 3 nitrogen and oxygen atoms in total. The Hall–Kier alpha value is -1.92. The van der Waals surface area contributed by atoms with Gasteiger partial charge in [-0.05, 0) is 36.4 Å². The number of carbonyl (C=O) groups is 1. The van der Waals surface area contributed by atoms with Crippen molar-refractivity contribution in [3.8, 4) is 0 Å². The van der Waals surface area contributed by atoms with Gasteiger partial charge in [0.15, 0.2) is 0 Å². The Bertz CT molecular complexity index is 801. The molecule has 0 aliphatic heterocycles. The topological polar surface area (TPSA) is 42.0 Å². The van der Waals surface area contributed by atoms with Gasteiger partial charge in [-0.2, -0.15) is 0 Å². The summed E-state index contributed by atoms with van der Waals surface area (Å²) in [6.07, 6.45) is 0. The number of nitrogens with one attached hydrogen (secondary N) is 1. The summed E-state index contributed by atoms with van der Waals surface area (Å²) in [6, 6.07) is 9.54. The number of fused-ring (bicyclic) bond motifs is 1. The maximum absolute atomic E-state index is 13.1. The smallest absolute Gasteiger partial charge is 0.255 e. The summed E-state index contributed by atoms with van der Waals surface area (Å²) in [7, 11) is 0. The summed E-state index contributed by atoms with van der Waals surface area (Å²) in [5.74, 6) is -0.750. The third-order valence-corrected chi connectivity index (χ3v) is 3.93. The Labute approximate surface area is 123 Å². The first-order chi connectivity index (χ1) is 9.63. The zero-order valence-electron chi connectivity index (χ0n) is 10.1. The van der Waals surface area contributed by atoms with Gasteiger partial charge in [-0.1, -0.05) is 0 Å². The molecule has 1 aromatic heterocycles. The average Bonchev–Trinajstić information content (AvgIpc) is 2.89. The van der Waals surface area contributed by atoms with Crippen LogP contribution in [0.3, 0.4) is 0 Å². The molecule has 6 heteroatoms. The molecule has 3 aromatic rings. The first-order valence-electron chi connectivity index (χ1n) is 5.76. The molecule has 0 fully saturated rings. The first-order valence-corrected chi connectivity index (χ1v) is 7.09. The predicted molar refractivity (Wildman–Crippen MR) is 81.2 cm³/mol. The highest BCUT2D eigenvalue weighted by Gasteiger charge is 2.09. The van der Waals surface area contributed by atoms with Gasteiger partial charge in [-0.15, -0.1) is 24.0 Å². The fourth-order valence-corrected chi connectivity index (χ4v) is 2.72. The number of anilines is 1. The van der Waals surface area contributed by atoms with Crippen molar-refractivity contribution < 1.29 is 9.18 Å². The van der Waals surface area contributed by atoms with Crippen molar-refractivity contribution in [3.63, 3.8) is 0 Å². The molecule has 0 saturated carbocycles. The monoisotopic (exact) mass is 304 g/mol. The van der Waals surface area contributed by atoms with Crippen LogP contribution in [0.2, 0.25) is 0 Å². The largest absolute Gasteiger partial charge is 0.322 e. The summed E-state index contributed by atoms with van der Waals surface area (Å²) >= 11 is 5.47. The van der Waals surface area contributed by atoms with Gasteiger partial charge in [-0.3, -0.25) is 4.79 Å². The van der Waals surface area contributed by atoms with Gasteiger partial charge in [0.1, 0.15) is 5.82 Å². The van der Waals surface area contributed by atoms with E-state index in [1.54, 1.807) is 11.6 Å². The molecule has 0 saturated heterocycles. The quantitative estimate of drug-likeness (QED) is 0.703. The van der Waals surface area contributed by atoms with Crippen LogP contribution in [0.25, 0.3) is 10.2 Å². The second kappa shape index (κ2) is 5.22. The van der Waals surface area contributed by atoms with Crippen molar-refractivity contribution in [1.29, 1.82) is 0 Å². The van der Waals surface area contributed by atoms with Crippen LogP contribution in [-0.4, -0.2) is 10.9 Å². The standard InChI is InChI=1S/C14H9FN2OS2/c15-10-3-1-8(5-12(10)19)14(18)17-9-2-4-11-13(6-9)20-7-16-11/h1-7,19H,(H,17,18). The summed E-state index contributed by atoms with van der Waals surface area (Å²) < 4.78 is 14.1. The highest BCUT2D eigenvalue weighted by molar-refractivity contribution is 7.80. The number of hydrogen-bond acceptors (Lipinski definition) is 4. The minimum atomic E-state index is -0.448. The summed E-state index contributed by atoms with van der Waals surface area (Å²) in [6.45, 7) is 0. The number of thiol groups is 1. The van der Waals surface area contributed by atoms with Gasteiger partial charge in [0.25, 0.3) is 5.91 Å². The molecular formula is C14H9FN2OS2. The van der Waals surface area contributed by atoms with E-state index in [1.165, 1.54) is 29.5 Å². The van der Waals surface area contributed by atoms with Crippen LogP contribution in [0, 0.1) is 5.82 Å². The molecule has 2 aromatic carbocycles. The molecule has 0 aliphatic carbocycles. The highest BCUT2D eigenvalue weighted by Crippen LogP contribution is 2.22. The lowest BCUT2D eigenvalue weighted by Crippen LogP contribution is -2.11. The van der Waals surface area contributed by atoms with Gasteiger partial charge in [-0.25, -0.2) is 9.37 Å². The van der Waals surface area contributed by atoms with E-state index < -0.39 is 5.82 Å². The fourth-order valence-electron chi connectivity index (χ4n) is 1.79. The van der Waals surface area contributed by atoms with Crippen LogP contribution in [0.4, 0.5) is 10.1 Å². The second-order valence-corrected chi connectivity index (χ2v) is 5.52. The van der Waals surface area contributed by atoms with E-state index in [0.29, 0.717) is 11.3 Å². The number of halogens is 1. The van der Waals surface area contributed by atoms with E-state index in [1.807, 2.05) is 12.1 Å². The molecular weight excluding hydrogens is 295 g/mol. The van der Waals surface area contributed by atoms with Gasteiger partial charge >= 0.3 is 0 Å². The van der Waals surface area contributed by atoms with Crippen molar-refractivity contribution in [2.24, 2.45) is 0 Å². The molecule has 3 rings (SSSR count). The number of nitrogens with zero attached hydrogens (tertiary/aromatic N) is 1. The van der Waals surface area contributed by atoms with Crippen LogP contribution in [0.15, 0.2) is 46.8 Å². The molecule has 0 aliphatic rings. The third-order valence-electron chi connectivity index (χ3n) is 2.80. The van der Waals surface area contributed by atoms with Crippen molar-refractivity contribution in [1.82, 2.24) is 4.98 Å². The Morgan fingerprint density at radius 1 is 1.25 bits per heavy atom. The summed E-state index contributed by atoms with van der Waals surface area (Å²) in [4.78, 5) is 16.4. The normalized spacial score (nSPS) is 10.7. The van der Waals surface area contributed by atoms with Crippen LogP contribution in [0.5, 0.6) is 0 Å². The predicted octanol–water partition coefficient (Wildman–Crippen LogP) is 3.98. The van der Waals surface area contributed by atoms with Gasteiger partial charge in [0, 0.05) is 16.1 Å². The number of hydrogen-bond donors (Lipinski definition) is 2. The molecule has 1 amide bonds. The number of rotatable bonds is 2. The number of thiazole rings is 1. The molecule has 100 valence electrons. The van der Waals surface area contributed by atoms with Crippen LogP contribution in [-0.2, 0) is 0 Å². The lowest BCUT2D eigenvalue weighted by molar-refractivity contribution is 0.102. The van der Waals surface area contributed by atoms with E-state index in [4.69, 9.17) is 0 Å². The Balaban J connectivity index is 1.85. The third kappa shape index (κ3) is 2.52. The van der Waals surface area contributed by atoms with E-state index in [2.05, 4.69) is 22.9 Å². The molecule has 0 unspecified atom stereocenters. The highest BCUT2D eigenvalue weighted by atomic mass is 32.1. The minimum Gasteiger partial charge on any atom is -0.322 e. The second-order valence-electron chi connectivity index (χ2n) is 4.16. The Kier molecular flexibility index (Phi) is 3.42. The lowest BCUT2D eigenvalue weighted by atomic mass is 10.2. The molecule has 0 bridgehead atoms. The van der Waals surface area contributed by atoms with Gasteiger partial charge in [0.05, 0.1) is 15.7 Å². The SMILES string of the molecule is O=C(Nc1ccc2ncsc2c1)c1ccc(F)c(S)c1. The van der Waals surface area contributed by atoms with Crippen LogP contribution < -0.4 is 5.32 Å². The minimum absolute atomic E-state index is 0.149. The van der Waals surface area contributed by atoms with Crippen molar-refractivity contribution in [2.45, 2.75) is 4.90 Å². The van der Waals surface area contributed by atoms with Crippen LogP contribution in [0.1, 0.15) is 10.4 Å². The Morgan fingerprint density at radius 2 is 2.10 bits per heavy atom. The molecule has 0 spiro atoms. The fraction of sp³-hybridized carbons (Fsp3) is 0. The summed E-state index contributed by atoms with van der Waals surface area (Å²) in [5, 5.41) is 2.77.